The van der Waals surface area contributed by atoms with Gasteiger partial charge in [-0.2, -0.15) is 0 Å². The molecule has 2 N–H and O–H groups in total. The number of thiol groups is 1. The summed E-state index contributed by atoms with van der Waals surface area (Å²) in [5.74, 6) is 0.832. The molecule has 0 spiro atoms. The van der Waals surface area contributed by atoms with Crippen LogP contribution in [0.5, 0.6) is 5.75 Å². The molecule has 0 atom stereocenters. The summed E-state index contributed by atoms with van der Waals surface area (Å²) in [4.78, 5) is 0. The Bertz CT molecular complexity index is 310. The molecule has 1 aromatic rings. The molecule has 0 aliphatic heterocycles. The van der Waals surface area contributed by atoms with Crippen LogP contribution in [0.25, 0.3) is 5.70 Å². The molecule has 0 aliphatic carbocycles. The molecule has 0 heterocycles. The Morgan fingerprint density at radius 2 is 2.38 bits per heavy atom. The lowest BCUT2D eigenvalue weighted by Crippen LogP contribution is -1.96. The van der Waals surface area contributed by atoms with Crippen LogP contribution in [0, 0.1) is 0 Å². The summed E-state index contributed by atoms with van der Waals surface area (Å²) < 4.78 is 5.33. The van der Waals surface area contributed by atoms with Gasteiger partial charge in [0.15, 0.2) is 0 Å². The van der Waals surface area contributed by atoms with E-state index >= 15 is 0 Å². The fourth-order valence-corrected chi connectivity index (χ4v) is 1.16. The maximum atomic E-state index is 5.69. The van der Waals surface area contributed by atoms with Gasteiger partial charge in [0.25, 0.3) is 0 Å². The highest BCUT2D eigenvalue weighted by atomic mass is 32.1. The number of nitrogens with two attached hydrogens (primary N) is 1. The van der Waals surface area contributed by atoms with Gasteiger partial charge in [0.05, 0.1) is 6.61 Å². The summed E-state index contributed by atoms with van der Waals surface area (Å²) in [6.07, 6.45) is 0. The first-order chi connectivity index (χ1) is 6.27. The molecule has 70 valence electrons. The van der Waals surface area contributed by atoms with Gasteiger partial charge in [-0.15, -0.1) is 12.6 Å². The molecule has 0 aromatic heterocycles. The van der Waals surface area contributed by atoms with Crippen LogP contribution >= 0.6 is 12.6 Å². The van der Waals surface area contributed by atoms with Crippen molar-refractivity contribution in [2.45, 2.75) is 6.92 Å². The molecule has 0 fully saturated rings. The Hall–Kier alpha value is -1.09. The molecule has 0 saturated carbocycles. The van der Waals surface area contributed by atoms with Crippen molar-refractivity contribution >= 4 is 18.3 Å². The van der Waals surface area contributed by atoms with Gasteiger partial charge in [-0.1, -0.05) is 12.1 Å². The van der Waals surface area contributed by atoms with E-state index in [0.717, 1.165) is 11.3 Å². The Balaban J connectivity index is 2.91. The lowest BCUT2D eigenvalue weighted by molar-refractivity contribution is 0.340. The van der Waals surface area contributed by atoms with E-state index < -0.39 is 0 Å². The average Bonchev–Trinajstić information content (AvgIpc) is 2.18. The third kappa shape index (κ3) is 2.70. The Morgan fingerprint density at radius 3 is 3.00 bits per heavy atom. The Morgan fingerprint density at radius 1 is 1.62 bits per heavy atom. The molecule has 1 aromatic carbocycles. The third-order valence-electron chi connectivity index (χ3n) is 1.62. The molecular formula is C10H13NOS. The van der Waals surface area contributed by atoms with E-state index in [4.69, 9.17) is 10.5 Å². The average molecular weight is 195 g/mol. The molecule has 0 aliphatic rings. The first-order valence-corrected chi connectivity index (χ1v) is 4.62. The Kier molecular flexibility index (Phi) is 3.71. The summed E-state index contributed by atoms with van der Waals surface area (Å²) in [7, 11) is 0. The van der Waals surface area contributed by atoms with Crippen molar-refractivity contribution in [3.63, 3.8) is 0 Å². The predicted octanol–water partition coefficient (Wildman–Crippen LogP) is 2.27. The van der Waals surface area contributed by atoms with Gasteiger partial charge in [-0.25, -0.2) is 0 Å². The second kappa shape index (κ2) is 4.82. The minimum Gasteiger partial charge on any atom is -0.494 e. The van der Waals surface area contributed by atoms with Crippen LogP contribution in [-0.4, -0.2) is 6.61 Å². The van der Waals surface area contributed by atoms with Gasteiger partial charge >= 0.3 is 0 Å². The fourth-order valence-electron chi connectivity index (χ4n) is 1.01. The number of benzene rings is 1. The molecule has 0 saturated heterocycles. The van der Waals surface area contributed by atoms with Crippen molar-refractivity contribution in [2.24, 2.45) is 5.73 Å². The zero-order valence-electron chi connectivity index (χ0n) is 7.53. The molecule has 0 radical (unpaired) electrons. The zero-order chi connectivity index (χ0) is 9.68. The summed E-state index contributed by atoms with van der Waals surface area (Å²) in [5.41, 5.74) is 7.26. The highest BCUT2D eigenvalue weighted by molar-refractivity contribution is 7.83. The van der Waals surface area contributed by atoms with E-state index in [1.807, 2.05) is 31.2 Å². The minimum absolute atomic E-state index is 0.643. The van der Waals surface area contributed by atoms with Crippen LogP contribution in [0.1, 0.15) is 12.5 Å². The predicted molar refractivity (Wildman–Crippen MR) is 58.8 cm³/mol. The second-order valence-corrected chi connectivity index (χ2v) is 2.80. The Labute approximate surface area is 83.8 Å². The van der Waals surface area contributed by atoms with Crippen LogP contribution in [-0.2, 0) is 0 Å². The van der Waals surface area contributed by atoms with Crippen LogP contribution in [0.3, 0.4) is 0 Å². The summed E-state index contributed by atoms with van der Waals surface area (Å²) in [6.45, 7) is 2.61. The summed E-state index contributed by atoms with van der Waals surface area (Å²) in [6, 6.07) is 7.62. The van der Waals surface area contributed by atoms with Crippen LogP contribution in [0.4, 0.5) is 0 Å². The molecule has 2 nitrogen and oxygen atoms in total. The van der Waals surface area contributed by atoms with E-state index in [2.05, 4.69) is 12.6 Å². The SMILES string of the molecule is CCOc1cccc(/C(N)=C/S)c1. The molecule has 3 heteroatoms. The number of hydrogen-bond donors (Lipinski definition) is 2. The van der Waals surface area contributed by atoms with Gasteiger partial charge in [0.2, 0.25) is 0 Å². The normalized spacial score (nSPS) is 11.4. The smallest absolute Gasteiger partial charge is 0.119 e. The highest BCUT2D eigenvalue weighted by Crippen LogP contribution is 2.17. The highest BCUT2D eigenvalue weighted by Gasteiger charge is 1.97. The number of hydrogen-bond acceptors (Lipinski definition) is 3. The van der Waals surface area contributed by atoms with E-state index in [9.17, 15) is 0 Å². The van der Waals surface area contributed by atoms with Gasteiger partial charge < -0.3 is 10.5 Å². The minimum atomic E-state index is 0.643. The summed E-state index contributed by atoms with van der Waals surface area (Å²) >= 11 is 3.99. The van der Waals surface area contributed by atoms with Gasteiger partial charge in [0.1, 0.15) is 5.75 Å². The molecular weight excluding hydrogens is 182 g/mol. The first kappa shape index (κ1) is 9.99. The molecule has 0 bridgehead atoms. The van der Waals surface area contributed by atoms with E-state index in [1.54, 1.807) is 5.41 Å². The molecule has 1 rings (SSSR count). The van der Waals surface area contributed by atoms with E-state index in [-0.39, 0.29) is 0 Å². The monoisotopic (exact) mass is 195 g/mol. The van der Waals surface area contributed by atoms with E-state index in [1.165, 1.54) is 0 Å². The lowest BCUT2D eigenvalue weighted by atomic mass is 10.2. The van der Waals surface area contributed by atoms with Crippen molar-refractivity contribution in [1.82, 2.24) is 0 Å². The van der Waals surface area contributed by atoms with Gasteiger partial charge in [0, 0.05) is 11.3 Å². The lowest BCUT2D eigenvalue weighted by Gasteiger charge is -2.05. The quantitative estimate of drug-likeness (QED) is 0.726. The standard InChI is InChI=1S/C10H13NOS/c1-2-12-9-5-3-4-8(6-9)10(11)7-13/h3-7,13H,2,11H2,1H3/b10-7-. The van der Waals surface area contributed by atoms with Crippen LogP contribution in [0.15, 0.2) is 29.7 Å². The number of rotatable bonds is 3. The summed E-state index contributed by atoms with van der Waals surface area (Å²) in [5, 5.41) is 1.57. The third-order valence-corrected chi connectivity index (χ3v) is 1.90. The van der Waals surface area contributed by atoms with E-state index in [0.29, 0.717) is 12.3 Å². The van der Waals surface area contributed by atoms with Crippen LogP contribution in [0.2, 0.25) is 0 Å². The van der Waals surface area contributed by atoms with Crippen molar-refractivity contribution in [1.29, 1.82) is 0 Å². The number of ether oxygens (including phenoxy) is 1. The molecule has 13 heavy (non-hydrogen) atoms. The second-order valence-electron chi connectivity index (χ2n) is 2.55. The van der Waals surface area contributed by atoms with Gasteiger partial charge in [-0.3, -0.25) is 0 Å². The molecule has 0 amide bonds. The fraction of sp³-hybridized carbons (Fsp3) is 0.200. The van der Waals surface area contributed by atoms with Gasteiger partial charge in [-0.05, 0) is 24.5 Å². The van der Waals surface area contributed by atoms with Crippen molar-refractivity contribution < 1.29 is 4.74 Å². The zero-order valence-corrected chi connectivity index (χ0v) is 8.42. The maximum Gasteiger partial charge on any atom is 0.119 e. The topological polar surface area (TPSA) is 35.2 Å². The van der Waals surface area contributed by atoms with Crippen molar-refractivity contribution in [3.05, 3.63) is 35.2 Å². The van der Waals surface area contributed by atoms with Crippen molar-refractivity contribution in [3.8, 4) is 5.75 Å². The van der Waals surface area contributed by atoms with Crippen molar-refractivity contribution in [2.75, 3.05) is 6.61 Å². The molecule has 0 unspecified atom stereocenters. The first-order valence-electron chi connectivity index (χ1n) is 4.11. The largest absolute Gasteiger partial charge is 0.494 e. The van der Waals surface area contributed by atoms with Crippen LogP contribution < -0.4 is 10.5 Å². The maximum absolute atomic E-state index is 5.69.